The predicted octanol–water partition coefficient (Wildman–Crippen LogP) is 5.78. The van der Waals surface area contributed by atoms with Crippen molar-refractivity contribution in [2.24, 2.45) is 0 Å². The highest BCUT2D eigenvalue weighted by Crippen LogP contribution is 2.11. The SMILES string of the molecule is CC(C)(C)OC(=O)NCCCC[C@H](NC(CCc1ccccc1)CNC(=O)Nc1ccccc1)C(=O)NCc1ccccc1. The molecule has 0 aromatic heterocycles. The monoisotopic (exact) mass is 601 g/mol. The average Bonchev–Trinajstić information content (AvgIpc) is 3.00. The van der Waals surface area contributed by atoms with Gasteiger partial charge in [0.1, 0.15) is 5.60 Å². The van der Waals surface area contributed by atoms with Gasteiger partial charge in [0.05, 0.1) is 6.04 Å². The van der Waals surface area contributed by atoms with E-state index in [2.05, 4.69) is 38.7 Å². The summed E-state index contributed by atoms with van der Waals surface area (Å²) in [6.45, 7) is 6.69. The first kappa shape index (κ1) is 34.1. The second-order valence-electron chi connectivity index (χ2n) is 11.8. The predicted molar refractivity (Wildman–Crippen MR) is 175 cm³/mol. The minimum Gasteiger partial charge on any atom is -0.444 e. The standard InChI is InChI=1S/C35H47N5O4/c1-35(2,3)44-34(43)36-24-14-13-21-31(32(41)37-25-28-17-9-5-10-18-28)39-30(23-22-27-15-7-4-8-16-27)26-38-33(42)40-29-19-11-6-12-20-29/h4-12,15-20,30-31,39H,13-14,21-26H2,1-3H3,(H,36,43)(H,37,41)(H2,38,40,42)/t30?,31-/m0/s1. The fraction of sp³-hybridized carbons (Fsp3) is 0.400. The van der Waals surface area contributed by atoms with Crippen LogP contribution in [0.4, 0.5) is 15.3 Å². The Balaban J connectivity index is 1.63. The van der Waals surface area contributed by atoms with E-state index in [9.17, 15) is 14.4 Å². The molecule has 0 radical (unpaired) electrons. The van der Waals surface area contributed by atoms with Gasteiger partial charge in [0.25, 0.3) is 0 Å². The molecule has 2 atom stereocenters. The molecule has 0 aliphatic carbocycles. The summed E-state index contributed by atoms with van der Waals surface area (Å²) >= 11 is 0. The lowest BCUT2D eigenvalue weighted by Gasteiger charge is -2.26. The van der Waals surface area contributed by atoms with Crippen LogP contribution in [-0.4, -0.2) is 48.8 Å². The number of ether oxygens (including phenoxy) is 1. The zero-order valence-corrected chi connectivity index (χ0v) is 26.1. The number of carbonyl (C=O) groups is 3. The van der Waals surface area contributed by atoms with E-state index < -0.39 is 17.7 Å². The number of benzene rings is 3. The zero-order valence-electron chi connectivity index (χ0n) is 26.1. The Bertz CT molecular complexity index is 1270. The van der Waals surface area contributed by atoms with Crippen molar-refractivity contribution in [2.75, 3.05) is 18.4 Å². The van der Waals surface area contributed by atoms with Gasteiger partial charge in [-0.25, -0.2) is 9.59 Å². The van der Waals surface area contributed by atoms with Gasteiger partial charge >= 0.3 is 12.1 Å². The molecule has 236 valence electrons. The van der Waals surface area contributed by atoms with Crippen molar-refractivity contribution < 1.29 is 19.1 Å². The van der Waals surface area contributed by atoms with Crippen LogP contribution < -0.4 is 26.6 Å². The minimum absolute atomic E-state index is 0.104. The Labute approximate surface area is 261 Å². The maximum Gasteiger partial charge on any atom is 0.407 e. The number of rotatable bonds is 16. The van der Waals surface area contributed by atoms with Crippen molar-refractivity contribution in [2.45, 2.75) is 77.1 Å². The Morgan fingerprint density at radius 1 is 0.727 bits per heavy atom. The van der Waals surface area contributed by atoms with Crippen LogP contribution in [0.2, 0.25) is 0 Å². The summed E-state index contributed by atoms with van der Waals surface area (Å²) in [7, 11) is 0. The highest BCUT2D eigenvalue weighted by Gasteiger charge is 2.23. The largest absolute Gasteiger partial charge is 0.444 e. The van der Waals surface area contributed by atoms with E-state index in [1.165, 1.54) is 5.56 Å². The van der Waals surface area contributed by atoms with E-state index in [-0.39, 0.29) is 18.0 Å². The number of anilines is 1. The molecule has 0 saturated heterocycles. The summed E-state index contributed by atoms with van der Waals surface area (Å²) in [4.78, 5) is 38.2. The third kappa shape index (κ3) is 14.2. The maximum absolute atomic E-state index is 13.5. The third-order valence-electron chi connectivity index (χ3n) is 6.82. The van der Waals surface area contributed by atoms with Gasteiger partial charge in [-0.2, -0.15) is 0 Å². The molecular formula is C35H47N5O4. The van der Waals surface area contributed by atoms with Gasteiger partial charge in [0, 0.05) is 31.4 Å². The van der Waals surface area contributed by atoms with Gasteiger partial charge in [0.15, 0.2) is 0 Å². The smallest absolute Gasteiger partial charge is 0.407 e. The van der Waals surface area contributed by atoms with Gasteiger partial charge in [-0.05, 0) is 76.1 Å². The summed E-state index contributed by atoms with van der Waals surface area (Å²) in [6.07, 6.45) is 3.02. The summed E-state index contributed by atoms with van der Waals surface area (Å²) in [5.41, 5.74) is 2.35. The van der Waals surface area contributed by atoms with E-state index >= 15 is 0 Å². The first-order chi connectivity index (χ1) is 21.2. The maximum atomic E-state index is 13.5. The number of para-hydroxylation sites is 1. The van der Waals surface area contributed by atoms with Gasteiger partial charge in [-0.3, -0.25) is 4.79 Å². The molecule has 9 nitrogen and oxygen atoms in total. The Morgan fingerprint density at radius 3 is 1.98 bits per heavy atom. The van der Waals surface area contributed by atoms with Crippen molar-refractivity contribution >= 4 is 23.7 Å². The fourth-order valence-corrected chi connectivity index (χ4v) is 4.60. The quantitative estimate of drug-likeness (QED) is 0.133. The number of carbonyl (C=O) groups excluding carboxylic acids is 3. The summed E-state index contributed by atoms with van der Waals surface area (Å²) in [5, 5.41) is 15.2. The zero-order chi connectivity index (χ0) is 31.6. The van der Waals surface area contributed by atoms with E-state index in [0.29, 0.717) is 44.6 Å². The molecule has 0 spiro atoms. The van der Waals surface area contributed by atoms with Crippen molar-refractivity contribution in [3.05, 3.63) is 102 Å². The Hall–Kier alpha value is -4.37. The van der Waals surface area contributed by atoms with Gasteiger partial charge < -0.3 is 31.3 Å². The van der Waals surface area contributed by atoms with Crippen molar-refractivity contribution in [1.82, 2.24) is 21.3 Å². The lowest BCUT2D eigenvalue weighted by atomic mass is 10.0. The molecule has 0 aliphatic heterocycles. The third-order valence-corrected chi connectivity index (χ3v) is 6.82. The van der Waals surface area contributed by atoms with Crippen molar-refractivity contribution in [1.29, 1.82) is 0 Å². The minimum atomic E-state index is -0.559. The van der Waals surface area contributed by atoms with E-state index in [1.54, 1.807) is 0 Å². The topological polar surface area (TPSA) is 121 Å². The summed E-state index contributed by atoms with van der Waals surface area (Å²) in [6, 6.07) is 28.3. The molecule has 3 aromatic rings. The van der Waals surface area contributed by atoms with Crippen molar-refractivity contribution in [3.8, 4) is 0 Å². The molecule has 5 N–H and O–H groups in total. The molecule has 3 rings (SSSR count). The number of nitrogens with one attached hydrogen (secondary N) is 5. The first-order valence-electron chi connectivity index (χ1n) is 15.4. The molecule has 4 amide bonds. The molecule has 1 unspecified atom stereocenters. The van der Waals surface area contributed by atoms with Crippen LogP contribution in [0.5, 0.6) is 0 Å². The van der Waals surface area contributed by atoms with Crippen LogP contribution in [-0.2, 0) is 22.5 Å². The molecule has 44 heavy (non-hydrogen) atoms. The van der Waals surface area contributed by atoms with E-state index in [1.807, 2.05) is 99.6 Å². The Kier molecular flexibility index (Phi) is 14.2. The number of amides is 4. The molecule has 3 aromatic carbocycles. The van der Waals surface area contributed by atoms with Crippen LogP contribution in [0.1, 0.15) is 57.6 Å². The second kappa shape index (κ2) is 18.3. The van der Waals surface area contributed by atoms with Crippen LogP contribution in [0.25, 0.3) is 0 Å². The van der Waals surface area contributed by atoms with Gasteiger partial charge in [-0.15, -0.1) is 0 Å². The molecule has 0 heterocycles. The van der Waals surface area contributed by atoms with Crippen LogP contribution >= 0.6 is 0 Å². The van der Waals surface area contributed by atoms with E-state index in [0.717, 1.165) is 18.4 Å². The van der Waals surface area contributed by atoms with Crippen LogP contribution in [0, 0.1) is 0 Å². The fourth-order valence-electron chi connectivity index (χ4n) is 4.60. The van der Waals surface area contributed by atoms with Gasteiger partial charge in [0.2, 0.25) is 5.91 Å². The number of aryl methyl sites for hydroxylation is 1. The number of hydrogen-bond donors (Lipinski definition) is 5. The van der Waals surface area contributed by atoms with Crippen LogP contribution in [0.3, 0.4) is 0 Å². The molecule has 9 heteroatoms. The molecule has 0 aliphatic rings. The summed E-state index contributed by atoms with van der Waals surface area (Å²) < 4.78 is 5.31. The molecule has 0 bridgehead atoms. The number of alkyl carbamates (subject to hydrolysis) is 1. The lowest BCUT2D eigenvalue weighted by Crippen LogP contribution is -2.52. The molecule has 0 fully saturated rings. The average molecular weight is 602 g/mol. The number of urea groups is 1. The second-order valence-corrected chi connectivity index (χ2v) is 11.8. The van der Waals surface area contributed by atoms with Gasteiger partial charge in [-0.1, -0.05) is 78.9 Å². The normalized spacial score (nSPS) is 12.4. The highest BCUT2D eigenvalue weighted by molar-refractivity contribution is 5.89. The summed E-state index contributed by atoms with van der Waals surface area (Å²) in [5.74, 6) is -0.104. The molecular weight excluding hydrogens is 554 g/mol. The van der Waals surface area contributed by atoms with Crippen LogP contribution in [0.15, 0.2) is 91.0 Å². The highest BCUT2D eigenvalue weighted by atomic mass is 16.6. The van der Waals surface area contributed by atoms with Crippen molar-refractivity contribution in [3.63, 3.8) is 0 Å². The first-order valence-corrected chi connectivity index (χ1v) is 15.4. The Morgan fingerprint density at radius 2 is 1.34 bits per heavy atom. The number of unbranched alkanes of at least 4 members (excludes halogenated alkanes) is 1. The molecule has 0 saturated carbocycles. The number of hydrogen-bond acceptors (Lipinski definition) is 5. The van der Waals surface area contributed by atoms with E-state index in [4.69, 9.17) is 4.74 Å². The lowest BCUT2D eigenvalue weighted by molar-refractivity contribution is -0.123.